The summed E-state index contributed by atoms with van der Waals surface area (Å²) in [5.74, 6) is -0.167. The van der Waals surface area contributed by atoms with Gasteiger partial charge in [-0.2, -0.15) is 0 Å². The largest absolute Gasteiger partial charge is 0.462 e. The molecular weight excluding hydrogens is 390 g/mol. The van der Waals surface area contributed by atoms with Crippen molar-refractivity contribution in [1.82, 2.24) is 0 Å². The van der Waals surface area contributed by atoms with Gasteiger partial charge in [-0.15, -0.1) is 0 Å². The Labute approximate surface area is 187 Å². The second-order valence-corrected chi connectivity index (χ2v) is 10.6. The quantitative estimate of drug-likeness (QED) is 0.295. The molecule has 172 valence electrons. The van der Waals surface area contributed by atoms with E-state index >= 15 is 0 Å². The van der Waals surface area contributed by atoms with E-state index in [1.165, 1.54) is 0 Å². The zero-order chi connectivity index (χ0) is 23.4. The smallest absolute Gasteiger partial charge is 0.341 e. The SMILES string of the molecule is CCOC(=O)c1ccccc1OC(=O)C(C)(C)CC1C[N+](=CCC(C)(C)CC)C1(C)C. The molecule has 31 heavy (non-hydrogen) atoms. The van der Waals surface area contributed by atoms with E-state index in [9.17, 15) is 9.59 Å². The second kappa shape index (κ2) is 9.54. The van der Waals surface area contributed by atoms with Crippen molar-refractivity contribution in [3.63, 3.8) is 0 Å². The number of hydrogen-bond acceptors (Lipinski definition) is 4. The van der Waals surface area contributed by atoms with Gasteiger partial charge < -0.3 is 9.47 Å². The summed E-state index contributed by atoms with van der Waals surface area (Å²) >= 11 is 0. The van der Waals surface area contributed by atoms with E-state index in [2.05, 4.69) is 45.4 Å². The number of carbonyl (C=O) groups is 2. The van der Waals surface area contributed by atoms with Gasteiger partial charge in [0.2, 0.25) is 0 Å². The van der Waals surface area contributed by atoms with Gasteiger partial charge >= 0.3 is 11.9 Å². The number of para-hydroxylation sites is 1. The van der Waals surface area contributed by atoms with Crippen molar-refractivity contribution >= 4 is 18.2 Å². The molecule has 0 N–H and O–H groups in total. The Hall–Kier alpha value is -2.17. The van der Waals surface area contributed by atoms with Crippen molar-refractivity contribution in [3.8, 4) is 5.75 Å². The van der Waals surface area contributed by atoms with Crippen LogP contribution in [0.15, 0.2) is 24.3 Å². The molecule has 1 heterocycles. The van der Waals surface area contributed by atoms with E-state index in [0.717, 1.165) is 25.8 Å². The van der Waals surface area contributed by atoms with Gasteiger partial charge in [-0.25, -0.2) is 9.37 Å². The maximum atomic E-state index is 13.0. The maximum Gasteiger partial charge on any atom is 0.341 e. The van der Waals surface area contributed by atoms with Crippen LogP contribution in [0.4, 0.5) is 0 Å². The van der Waals surface area contributed by atoms with Gasteiger partial charge in [-0.05, 0) is 44.7 Å². The number of benzene rings is 1. The molecule has 5 nitrogen and oxygen atoms in total. The highest BCUT2D eigenvalue weighted by molar-refractivity contribution is 5.93. The van der Waals surface area contributed by atoms with Crippen LogP contribution in [-0.4, -0.2) is 41.4 Å². The predicted octanol–water partition coefficient (Wildman–Crippen LogP) is 5.50. The zero-order valence-electron chi connectivity index (χ0n) is 20.6. The van der Waals surface area contributed by atoms with Crippen molar-refractivity contribution < 1.29 is 23.6 Å². The molecule has 0 saturated carbocycles. The molecule has 2 rings (SSSR count). The first kappa shape index (κ1) is 25.1. The topological polar surface area (TPSA) is 55.6 Å². The van der Waals surface area contributed by atoms with Crippen LogP contribution in [0.5, 0.6) is 5.75 Å². The van der Waals surface area contributed by atoms with Gasteiger partial charge in [-0.1, -0.05) is 39.3 Å². The minimum Gasteiger partial charge on any atom is -0.462 e. The van der Waals surface area contributed by atoms with Crippen LogP contribution in [0.25, 0.3) is 0 Å². The lowest BCUT2D eigenvalue weighted by molar-refractivity contribution is -0.683. The first-order valence-electron chi connectivity index (χ1n) is 11.4. The molecule has 0 bridgehead atoms. The molecule has 1 aliphatic rings. The van der Waals surface area contributed by atoms with Gasteiger partial charge in [0.1, 0.15) is 17.5 Å². The summed E-state index contributed by atoms with van der Waals surface area (Å²) in [6, 6.07) is 6.74. The number of hydrogen-bond donors (Lipinski definition) is 0. The van der Waals surface area contributed by atoms with Crippen LogP contribution in [0.1, 0.15) is 85.0 Å². The van der Waals surface area contributed by atoms with Crippen molar-refractivity contribution in [3.05, 3.63) is 29.8 Å². The van der Waals surface area contributed by atoms with Crippen molar-refractivity contribution in [2.24, 2.45) is 16.7 Å². The minimum absolute atomic E-state index is 0.00418. The van der Waals surface area contributed by atoms with Crippen LogP contribution >= 0.6 is 0 Å². The summed E-state index contributed by atoms with van der Waals surface area (Å²) in [5.41, 5.74) is -0.0870. The number of carbonyl (C=O) groups excluding carboxylic acids is 2. The van der Waals surface area contributed by atoms with Crippen LogP contribution in [-0.2, 0) is 9.53 Å². The lowest BCUT2D eigenvalue weighted by Crippen LogP contribution is -2.60. The Kier molecular flexibility index (Phi) is 7.72. The molecule has 1 aromatic carbocycles. The van der Waals surface area contributed by atoms with Gasteiger partial charge in [0.25, 0.3) is 0 Å². The molecule has 1 aromatic rings. The summed E-state index contributed by atoms with van der Waals surface area (Å²) in [6.07, 6.45) is 5.26. The highest BCUT2D eigenvalue weighted by Crippen LogP contribution is 2.41. The Balaban J connectivity index is 2.06. The summed E-state index contributed by atoms with van der Waals surface area (Å²) in [6.45, 7) is 18.1. The average Bonchev–Trinajstić information content (AvgIpc) is 2.70. The lowest BCUT2D eigenvalue weighted by atomic mass is 9.69. The minimum atomic E-state index is -0.668. The van der Waals surface area contributed by atoms with Crippen molar-refractivity contribution in [1.29, 1.82) is 0 Å². The number of esters is 2. The highest BCUT2D eigenvalue weighted by atomic mass is 16.5. The first-order valence-corrected chi connectivity index (χ1v) is 11.4. The van der Waals surface area contributed by atoms with E-state index in [4.69, 9.17) is 9.47 Å². The summed E-state index contributed by atoms with van der Waals surface area (Å²) in [4.78, 5) is 25.2. The number of ether oxygens (including phenoxy) is 2. The average molecular weight is 431 g/mol. The van der Waals surface area contributed by atoms with Gasteiger partial charge in [-0.3, -0.25) is 4.79 Å². The molecule has 1 aliphatic heterocycles. The molecule has 1 fully saturated rings. The Morgan fingerprint density at radius 2 is 1.81 bits per heavy atom. The standard InChI is InChI=1S/C26H40NO4/c1-9-24(3,4)15-16-27-18-19(26(27,7)8)17-25(5,6)23(29)31-21-14-12-11-13-20(21)22(28)30-10-2/h11-14,16,19H,9-10,15,17-18H2,1-8H3/q+1. The predicted molar refractivity (Wildman–Crippen MR) is 124 cm³/mol. The summed E-state index contributed by atoms with van der Waals surface area (Å²) < 4.78 is 13.2. The van der Waals surface area contributed by atoms with Crippen molar-refractivity contribution in [2.75, 3.05) is 13.2 Å². The second-order valence-electron chi connectivity index (χ2n) is 10.6. The molecule has 1 saturated heterocycles. The maximum absolute atomic E-state index is 13.0. The van der Waals surface area contributed by atoms with Crippen LogP contribution in [0.2, 0.25) is 0 Å². The zero-order valence-corrected chi connectivity index (χ0v) is 20.6. The molecule has 1 unspecified atom stereocenters. The molecule has 0 aliphatic carbocycles. The molecule has 1 atom stereocenters. The Bertz CT molecular complexity index is 836. The van der Waals surface area contributed by atoms with Gasteiger partial charge in [0.15, 0.2) is 12.1 Å². The fourth-order valence-corrected chi connectivity index (χ4v) is 3.81. The monoisotopic (exact) mass is 430 g/mol. The lowest BCUT2D eigenvalue weighted by Gasteiger charge is -2.43. The molecule has 0 amide bonds. The molecule has 5 heteroatoms. The van der Waals surface area contributed by atoms with Crippen LogP contribution in [0.3, 0.4) is 0 Å². The molecule has 0 spiro atoms. The van der Waals surface area contributed by atoms with Crippen LogP contribution < -0.4 is 4.74 Å². The number of rotatable bonds is 9. The van der Waals surface area contributed by atoms with Crippen molar-refractivity contribution in [2.45, 2.75) is 80.2 Å². The molecule has 0 radical (unpaired) electrons. The first-order chi connectivity index (χ1) is 14.3. The summed E-state index contributed by atoms with van der Waals surface area (Å²) in [7, 11) is 0. The fraction of sp³-hybridized carbons (Fsp3) is 0.654. The fourth-order valence-electron chi connectivity index (χ4n) is 3.81. The number of nitrogens with zero attached hydrogens (tertiary/aromatic N) is 1. The Morgan fingerprint density at radius 1 is 1.16 bits per heavy atom. The Morgan fingerprint density at radius 3 is 2.39 bits per heavy atom. The van der Waals surface area contributed by atoms with E-state index in [1.54, 1.807) is 31.2 Å². The van der Waals surface area contributed by atoms with E-state index < -0.39 is 11.4 Å². The third-order valence-electron chi connectivity index (χ3n) is 6.87. The molecular formula is C26H40NO4+. The highest BCUT2D eigenvalue weighted by Gasteiger charge is 2.54. The summed E-state index contributed by atoms with van der Waals surface area (Å²) in [5, 5.41) is 0. The molecule has 0 aromatic heterocycles. The van der Waals surface area contributed by atoms with Gasteiger partial charge in [0.05, 0.1) is 17.9 Å². The third-order valence-corrected chi connectivity index (χ3v) is 6.87. The normalized spacial score (nSPS) is 19.6. The third kappa shape index (κ3) is 5.96. The van der Waals surface area contributed by atoms with E-state index in [-0.39, 0.29) is 29.4 Å². The van der Waals surface area contributed by atoms with Crippen LogP contribution in [0, 0.1) is 16.7 Å². The van der Waals surface area contributed by atoms with E-state index in [1.807, 2.05) is 13.8 Å². The van der Waals surface area contributed by atoms with E-state index in [0.29, 0.717) is 11.3 Å². The van der Waals surface area contributed by atoms with Gasteiger partial charge in [0, 0.05) is 20.3 Å².